The molecule has 0 heterocycles. The van der Waals surface area contributed by atoms with Crippen molar-refractivity contribution in [2.45, 2.75) is 6.92 Å². The molecular formula is C5H8N2. The molecule has 0 unspecified atom stereocenters. The van der Waals surface area contributed by atoms with Gasteiger partial charge in [-0.05, 0) is 6.92 Å². The molecule has 0 atom stereocenters. The van der Waals surface area contributed by atoms with Crippen molar-refractivity contribution in [3.05, 3.63) is 11.8 Å². The molecule has 0 fully saturated rings. The van der Waals surface area contributed by atoms with Crippen LogP contribution in [-0.2, 0) is 0 Å². The lowest BCUT2D eigenvalue weighted by Gasteiger charge is -1.88. The Balaban J connectivity index is 3.68. The van der Waals surface area contributed by atoms with Gasteiger partial charge in [0, 0.05) is 7.05 Å². The summed E-state index contributed by atoms with van der Waals surface area (Å²) in [4.78, 5) is 0. The monoisotopic (exact) mass is 96.1 g/mol. The van der Waals surface area contributed by atoms with Crippen molar-refractivity contribution >= 4 is 0 Å². The van der Waals surface area contributed by atoms with Crippen LogP contribution in [-0.4, -0.2) is 7.05 Å². The summed E-state index contributed by atoms with van der Waals surface area (Å²) in [5.74, 6) is 0. The van der Waals surface area contributed by atoms with Crippen LogP contribution in [0.2, 0.25) is 0 Å². The molecule has 0 bridgehead atoms. The number of nitriles is 1. The Labute approximate surface area is 43.5 Å². The van der Waals surface area contributed by atoms with Crippen LogP contribution in [0.1, 0.15) is 6.92 Å². The molecule has 38 valence electrons. The second-order valence-electron chi connectivity index (χ2n) is 1.06. The van der Waals surface area contributed by atoms with Gasteiger partial charge in [-0.15, -0.1) is 0 Å². The molecule has 2 nitrogen and oxygen atoms in total. The highest BCUT2D eigenvalue weighted by Crippen LogP contribution is 1.78. The Morgan fingerprint density at radius 3 is 2.43 bits per heavy atom. The van der Waals surface area contributed by atoms with Gasteiger partial charge in [0.2, 0.25) is 0 Å². The number of allylic oxidation sites excluding steroid dienone is 2. The zero-order valence-corrected chi connectivity index (χ0v) is 4.52. The van der Waals surface area contributed by atoms with E-state index in [0.29, 0.717) is 5.70 Å². The van der Waals surface area contributed by atoms with Crippen LogP contribution in [0.5, 0.6) is 0 Å². The summed E-state index contributed by atoms with van der Waals surface area (Å²) in [5, 5.41) is 10.8. The van der Waals surface area contributed by atoms with E-state index in [1.165, 1.54) is 0 Å². The minimum absolute atomic E-state index is 0.611. The zero-order chi connectivity index (χ0) is 5.70. The minimum Gasteiger partial charge on any atom is -0.380 e. The van der Waals surface area contributed by atoms with Gasteiger partial charge >= 0.3 is 0 Å². The van der Waals surface area contributed by atoms with E-state index in [1.54, 1.807) is 13.1 Å². The van der Waals surface area contributed by atoms with Crippen molar-refractivity contribution in [2.24, 2.45) is 0 Å². The van der Waals surface area contributed by atoms with Crippen molar-refractivity contribution in [2.75, 3.05) is 7.05 Å². The van der Waals surface area contributed by atoms with Crippen LogP contribution in [0.15, 0.2) is 11.8 Å². The van der Waals surface area contributed by atoms with Crippen molar-refractivity contribution in [1.29, 1.82) is 5.26 Å². The van der Waals surface area contributed by atoms with E-state index < -0.39 is 0 Å². The maximum atomic E-state index is 8.15. The van der Waals surface area contributed by atoms with Gasteiger partial charge in [0.25, 0.3) is 0 Å². The summed E-state index contributed by atoms with van der Waals surface area (Å²) < 4.78 is 0. The first-order valence-corrected chi connectivity index (χ1v) is 2.09. The molecule has 0 aliphatic heterocycles. The quantitative estimate of drug-likeness (QED) is 0.486. The lowest BCUT2D eigenvalue weighted by molar-refractivity contribution is 1.03. The van der Waals surface area contributed by atoms with Crippen LogP contribution in [0.3, 0.4) is 0 Å². The predicted octanol–water partition coefficient (Wildman–Crippen LogP) is 0.633. The third-order valence-electron chi connectivity index (χ3n) is 0.678. The van der Waals surface area contributed by atoms with Gasteiger partial charge in [-0.1, -0.05) is 6.08 Å². The first-order chi connectivity index (χ1) is 3.35. The fraction of sp³-hybridized carbons (Fsp3) is 0.400. The first kappa shape index (κ1) is 6.03. The summed E-state index contributed by atoms with van der Waals surface area (Å²) in [6.45, 7) is 1.81. The Kier molecular flexibility index (Phi) is 2.78. The van der Waals surface area contributed by atoms with E-state index in [1.807, 2.05) is 13.0 Å². The van der Waals surface area contributed by atoms with Gasteiger partial charge in [0.1, 0.15) is 11.8 Å². The molecule has 2 heteroatoms. The number of hydrogen-bond acceptors (Lipinski definition) is 2. The van der Waals surface area contributed by atoms with Gasteiger partial charge in [-0.25, -0.2) is 0 Å². The molecule has 0 saturated heterocycles. The van der Waals surface area contributed by atoms with E-state index in [9.17, 15) is 0 Å². The lowest BCUT2D eigenvalue weighted by Crippen LogP contribution is -2.01. The maximum Gasteiger partial charge on any atom is 0.117 e. The highest BCUT2D eigenvalue weighted by Gasteiger charge is 1.79. The molecule has 7 heavy (non-hydrogen) atoms. The van der Waals surface area contributed by atoms with E-state index in [2.05, 4.69) is 5.32 Å². The standard InChI is InChI=1S/C5H8N2/c1-3-5(4-6)7-2/h3,7H,1-2H3/b5-3+. The molecule has 0 aromatic carbocycles. The van der Waals surface area contributed by atoms with Gasteiger partial charge < -0.3 is 5.32 Å². The van der Waals surface area contributed by atoms with Crippen LogP contribution < -0.4 is 5.32 Å². The summed E-state index contributed by atoms with van der Waals surface area (Å²) in [5.41, 5.74) is 0.611. The average Bonchev–Trinajstić information content (AvgIpc) is 1.72. The van der Waals surface area contributed by atoms with E-state index in [-0.39, 0.29) is 0 Å². The topological polar surface area (TPSA) is 35.8 Å². The van der Waals surface area contributed by atoms with Gasteiger partial charge in [-0.2, -0.15) is 5.26 Å². The van der Waals surface area contributed by atoms with Crippen molar-refractivity contribution in [1.82, 2.24) is 5.32 Å². The molecule has 0 aromatic heterocycles. The second-order valence-corrected chi connectivity index (χ2v) is 1.06. The predicted molar refractivity (Wildman–Crippen MR) is 28.4 cm³/mol. The van der Waals surface area contributed by atoms with Crippen molar-refractivity contribution in [3.8, 4) is 6.07 Å². The largest absolute Gasteiger partial charge is 0.380 e. The molecule has 1 N–H and O–H groups in total. The smallest absolute Gasteiger partial charge is 0.117 e. The molecule has 0 spiro atoms. The highest BCUT2D eigenvalue weighted by atomic mass is 14.8. The molecule has 0 radical (unpaired) electrons. The molecule has 0 aromatic rings. The Morgan fingerprint density at radius 2 is 2.43 bits per heavy atom. The van der Waals surface area contributed by atoms with Crippen LogP contribution >= 0.6 is 0 Å². The van der Waals surface area contributed by atoms with E-state index in [0.717, 1.165) is 0 Å². The average molecular weight is 96.1 g/mol. The molecule has 0 amide bonds. The van der Waals surface area contributed by atoms with Gasteiger partial charge in [0.05, 0.1) is 0 Å². The summed E-state index contributed by atoms with van der Waals surface area (Å²) in [6, 6.07) is 1.95. The minimum atomic E-state index is 0.611. The third-order valence-corrected chi connectivity index (χ3v) is 0.678. The number of hydrogen-bond donors (Lipinski definition) is 1. The highest BCUT2D eigenvalue weighted by molar-refractivity contribution is 5.16. The maximum absolute atomic E-state index is 8.15. The van der Waals surface area contributed by atoms with Crippen molar-refractivity contribution < 1.29 is 0 Å². The molecule has 0 aliphatic carbocycles. The Bertz CT molecular complexity index is 108. The van der Waals surface area contributed by atoms with E-state index >= 15 is 0 Å². The fourth-order valence-electron chi connectivity index (χ4n) is 0.265. The first-order valence-electron chi connectivity index (χ1n) is 2.09. The van der Waals surface area contributed by atoms with Gasteiger partial charge in [-0.3, -0.25) is 0 Å². The third kappa shape index (κ3) is 1.83. The number of nitrogens with zero attached hydrogens (tertiary/aromatic N) is 1. The van der Waals surface area contributed by atoms with Crippen LogP contribution in [0.25, 0.3) is 0 Å². The molecule has 0 aliphatic rings. The Morgan fingerprint density at radius 1 is 1.86 bits per heavy atom. The van der Waals surface area contributed by atoms with Crippen LogP contribution in [0, 0.1) is 11.3 Å². The molecule has 0 rings (SSSR count). The zero-order valence-electron chi connectivity index (χ0n) is 4.52. The summed E-state index contributed by atoms with van der Waals surface area (Å²) in [7, 11) is 1.72. The number of rotatable bonds is 1. The lowest BCUT2D eigenvalue weighted by atomic mass is 10.4. The summed E-state index contributed by atoms with van der Waals surface area (Å²) in [6.07, 6.45) is 1.72. The second kappa shape index (κ2) is 3.23. The van der Waals surface area contributed by atoms with E-state index in [4.69, 9.17) is 5.26 Å². The molecule has 0 saturated carbocycles. The summed E-state index contributed by atoms with van der Waals surface area (Å²) >= 11 is 0. The SMILES string of the molecule is C/C=C(\C#N)NC. The normalized spacial score (nSPS) is 10.1. The van der Waals surface area contributed by atoms with Gasteiger partial charge in [0.15, 0.2) is 0 Å². The van der Waals surface area contributed by atoms with Crippen molar-refractivity contribution in [3.63, 3.8) is 0 Å². The fourth-order valence-corrected chi connectivity index (χ4v) is 0.265. The van der Waals surface area contributed by atoms with Crippen LogP contribution in [0.4, 0.5) is 0 Å². The molecular weight excluding hydrogens is 88.1 g/mol. The Hall–Kier alpha value is -0.970. The number of nitrogens with one attached hydrogen (secondary N) is 1.